The number of nitrogens with zero attached hydrogens (tertiary/aromatic N) is 1. The number of ether oxygens (including phenoxy) is 1. The van der Waals surface area contributed by atoms with Crippen LogP contribution in [-0.2, 0) is 5.41 Å². The van der Waals surface area contributed by atoms with Crippen LogP contribution in [0.3, 0.4) is 0 Å². The van der Waals surface area contributed by atoms with Crippen LogP contribution in [0.1, 0.15) is 48.6 Å². The van der Waals surface area contributed by atoms with Crippen molar-refractivity contribution in [2.24, 2.45) is 0 Å². The summed E-state index contributed by atoms with van der Waals surface area (Å²) in [5.41, 5.74) is 9.90. The van der Waals surface area contributed by atoms with Crippen LogP contribution >= 0.6 is 0 Å². The highest BCUT2D eigenvalue weighted by atomic mass is 16.5. The van der Waals surface area contributed by atoms with Gasteiger partial charge in [0.05, 0.1) is 17.1 Å². The second-order valence-corrected chi connectivity index (χ2v) is 11.4. The molecule has 0 saturated heterocycles. The van der Waals surface area contributed by atoms with Crippen LogP contribution in [0.15, 0.2) is 72.8 Å². The molecule has 1 aliphatic heterocycles. The molecule has 0 N–H and O–H groups in total. The van der Waals surface area contributed by atoms with Gasteiger partial charge in [-0.1, -0.05) is 74.9 Å². The summed E-state index contributed by atoms with van der Waals surface area (Å²) in [5, 5.41) is 4.87. The quantitative estimate of drug-likeness (QED) is 0.236. The van der Waals surface area contributed by atoms with E-state index in [1.165, 1.54) is 55.0 Å². The lowest BCUT2D eigenvalue weighted by molar-refractivity contribution is 0.478. The van der Waals surface area contributed by atoms with E-state index in [1.54, 1.807) is 0 Å². The third-order valence-corrected chi connectivity index (χ3v) is 7.53. The molecule has 0 amide bonds. The van der Waals surface area contributed by atoms with Gasteiger partial charge < -0.3 is 9.64 Å². The van der Waals surface area contributed by atoms with Crippen molar-refractivity contribution in [1.82, 2.24) is 0 Å². The van der Waals surface area contributed by atoms with Crippen molar-refractivity contribution in [2.75, 3.05) is 4.90 Å². The van der Waals surface area contributed by atoms with Crippen molar-refractivity contribution in [3.05, 3.63) is 101 Å². The summed E-state index contributed by atoms with van der Waals surface area (Å²) in [6.45, 7) is 15.6. The summed E-state index contributed by atoms with van der Waals surface area (Å²) < 4.78 is 6.66. The van der Waals surface area contributed by atoms with Crippen LogP contribution in [0.2, 0.25) is 0 Å². The van der Waals surface area contributed by atoms with Crippen molar-refractivity contribution < 1.29 is 4.74 Å². The Morgan fingerprint density at radius 3 is 1.97 bits per heavy atom. The molecule has 2 nitrogen and oxygen atoms in total. The molecule has 180 valence electrons. The number of hydrogen-bond acceptors (Lipinski definition) is 2. The van der Waals surface area contributed by atoms with Crippen molar-refractivity contribution >= 4 is 38.6 Å². The van der Waals surface area contributed by atoms with Gasteiger partial charge in [-0.15, -0.1) is 0 Å². The lowest BCUT2D eigenvalue weighted by Gasteiger charge is -2.36. The molecule has 0 saturated carbocycles. The fourth-order valence-electron chi connectivity index (χ4n) is 5.58. The van der Waals surface area contributed by atoms with Gasteiger partial charge in [-0.3, -0.25) is 0 Å². The van der Waals surface area contributed by atoms with Gasteiger partial charge in [-0.05, 0) is 101 Å². The SMILES string of the molecule is Cc1ccc2cc3c(cc2c1)Oc1cc2c(C)cccc2cc1N3c1c(C)cc(C(C)(C)C)cc1C. The van der Waals surface area contributed by atoms with E-state index in [1.807, 2.05) is 0 Å². The van der Waals surface area contributed by atoms with Crippen LogP contribution < -0.4 is 9.64 Å². The first-order chi connectivity index (χ1) is 17.1. The van der Waals surface area contributed by atoms with E-state index in [4.69, 9.17) is 4.74 Å². The normalized spacial score (nSPS) is 13.0. The Morgan fingerprint density at radius 1 is 0.611 bits per heavy atom. The average Bonchev–Trinajstić information content (AvgIpc) is 2.81. The minimum atomic E-state index is 0.0939. The molecule has 0 spiro atoms. The van der Waals surface area contributed by atoms with Crippen molar-refractivity contribution in [3.63, 3.8) is 0 Å². The van der Waals surface area contributed by atoms with E-state index in [2.05, 4.69) is 126 Å². The molecule has 0 unspecified atom stereocenters. The van der Waals surface area contributed by atoms with E-state index >= 15 is 0 Å². The highest BCUT2D eigenvalue weighted by Gasteiger charge is 2.30. The van der Waals surface area contributed by atoms with Crippen LogP contribution in [0.25, 0.3) is 21.5 Å². The monoisotopic (exact) mass is 471 g/mol. The van der Waals surface area contributed by atoms with E-state index < -0.39 is 0 Å². The summed E-state index contributed by atoms with van der Waals surface area (Å²) in [6, 6.07) is 26.8. The van der Waals surface area contributed by atoms with Gasteiger partial charge in [0.15, 0.2) is 11.5 Å². The molecule has 0 fully saturated rings. The first-order valence-electron chi connectivity index (χ1n) is 12.8. The van der Waals surface area contributed by atoms with Crippen molar-refractivity contribution in [1.29, 1.82) is 0 Å². The molecule has 0 atom stereocenters. The third kappa shape index (κ3) is 3.55. The molecule has 2 heteroatoms. The maximum absolute atomic E-state index is 6.66. The molecule has 5 aromatic carbocycles. The van der Waals surface area contributed by atoms with E-state index in [9.17, 15) is 0 Å². The van der Waals surface area contributed by atoms with E-state index in [0.717, 1.165) is 22.9 Å². The molecular formula is C34H33NO. The standard InChI is InChI=1S/C34H33NO/c1-20-11-12-24-16-29-31(18-26(24)13-20)36-32-19-28-21(2)9-8-10-25(28)17-30(32)35(29)33-22(3)14-27(15-23(33)4)34(5,6)7/h8-19H,1-7H3. The van der Waals surface area contributed by atoms with Crippen LogP contribution in [0.5, 0.6) is 11.5 Å². The van der Waals surface area contributed by atoms with Crippen LogP contribution in [0, 0.1) is 27.7 Å². The molecule has 1 heterocycles. The number of aryl methyl sites for hydroxylation is 4. The van der Waals surface area contributed by atoms with Crippen LogP contribution in [-0.4, -0.2) is 0 Å². The average molecular weight is 472 g/mol. The number of rotatable bonds is 1. The molecule has 0 aromatic heterocycles. The molecular weight excluding hydrogens is 438 g/mol. The van der Waals surface area contributed by atoms with Crippen molar-refractivity contribution in [2.45, 2.75) is 53.9 Å². The highest BCUT2D eigenvalue weighted by molar-refractivity contribution is 6.00. The number of anilines is 3. The highest BCUT2D eigenvalue weighted by Crippen LogP contribution is 2.54. The smallest absolute Gasteiger partial charge is 0.152 e. The molecule has 1 aliphatic rings. The van der Waals surface area contributed by atoms with Gasteiger partial charge in [0, 0.05) is 0 Å². The molecule has 0 radical (unpaired) electrons. The lowest BCUT2D eigenvalue weighted by atomic mass is 9.84. The minimum absolute atomic E-state index is 0.0939. The Labute approximate surface area is 214 Å². The van der Waals surface area contributed by atoms with Gasteiger partial charge in [0.2, 0.25) is 0 Å². The zero-order valence-corrected chi connectivity index (χ0v) is 22.3. The Kier molecular flexibility index (Phi) is 4.95. The molecule has 5 aromatic rings. The van der Waals surface area contributed by atoms with E-state index in [0.29, 0.717) is 0 Å². The van der Waals surface area contributed by atoms with Gasteiger partial charge >= 0.3 is 0 Å². The number of fused-ring (bicyclic) bond motifs is 4. The van der Waals surface area contributed by atoms with Gasteiger partial charge in [0.25, 0.3) is 0 Å². The zero-order chi connectivity index (χ0) is 25.4. The summed E-state index contributed by atoms with van der Waals surface area (Å²) in [6.07, 6.45) is 0. The summed E-state index contributed by atoms with van der Waals surface area (Å²) in [5.74, 6) is 1.79. The molecule has 0 bridgehead atoms. The van der Waals surface area contributed by atoms with E-state index in [-0.39, 0.29) is 5.41 Å². The Hall–Kier alpha value is -3.78. The fourth-order valence-corrected chi connectivity index (χ4v) is 5.58. The predicted octanol–water partition coefficient (Wildman–Crippen LogP) is 10.1. The number of hydrogen-bond donors (Lipinski definition) is 0. The Balaban J connectivity index is 1.68. The Morgan fingerprint density at radius 2 is 1.28 bits per heavy atom. The first-order valence-corrected chi connectivity index (χ1v) is 12.8. The maximum Gasteiger partial charge on any atom is 0.152 e. The predicted molar refractivity (Wildman–Crippen MR) is 154 cm³/mol. The second kappa shape index (κ2) is 7.86. The topological polar surface area (TPSA) is 12.5 Å². The summed E-state index contributed by atoms with van der Waals surface area (Å²) >= 11 is 0. The Bertz CT molecular complexity index is 1660. The summed E-state index contributed by atoms with van der Waals surface area (Å²) in [4.78, 5) is 2.42. The molecule has 0 aliphatic carbocycles. The van der Waals surface area contributed by atoms with Crippen molar-refractivity contribution in [3.8, 4) is 11.5 Å². The first kappa shape index (κ1) is 22.7. The third-order valence-electron chi connectivity index (χ3n) is 7.53. The largest absolute Gasteiger partial charge is 0.453 e. The number of benzene rings is 5. The van der Waals surface area contributed by atoms with Gasteiger partial charge in [-0.25, -0.2) is 0 Å². The molecule has 6 rings (SSSR count). The second-order valence-electron chi connectivity index (χ2n) is 11.4. The fraction of sp³-hybridized carbons (Fsp3) is 0.235. The zero-order valence-electron chi connectivity index (χ0n) is 22.3. The maximum atomic E-state index is 6.66. The lowest BCUT2D eigenvalue weighted by Crippen LogP contribution is -2.19. The minimum Gasteiger partial charge on any atom is -0.453 e. The van der Waals surface area contributed by atoms with Crippen LogP contribution in [0.4, 0.5) is 17.1 Å². The molecule has 36 heavy (non-hydrogen) atoms. The summed E-state index contributed by atoms with van der Waals surface area (Å²) in [7, 11) is 0. The van der Waals surface area contributed by atoms with Gasteiger partial charge in [0.1, 0.15) is 0 Å². The van der Waals surface area contributed by atoms with Gasteiger partial charge in [-0.2, -0.15) is 0 Å².